The van der Waals surface area contributed by atoms with Gasteiger partial charge in [0.15, 0.2) is 5.13 Å². The topological polar surface area (TPSA) is 77.2 Å². The number of ether oxygens (including phenoxy) is 1. The first-order valence-corrected chi connectivity index (χ1v) is 9.26. The number of nitrogens with two attached hydrogens (primary N) is 1. The lowest BCUT2D eigenvalue weighted by molar-refractivity contribution is 0.102. The van der Waals surface area contributed by atoms with E-state index in [1.54, 1.807) is 24.3 Å². The molecule has 0 aliphatic rings. The van der Waals surface area contributed by atoms with Crippen LogP contribution in [0.15, 0.2) is 60.0 Å². The van der Waals surface area contributed by atoms with Crippen LogP contribution in [0.1, 0.15) is 28.5 Å². The van der Waals surface area contributed by atoms with Crippen LogP contribution in [-0.2, 0) is 13.0 Å². The fraction of sp³-hybridized carbons (Fsp3) is 0.200. The van der Waals surface area contributed by atoms with Gasteiger partial charge in [-0.05, 0) is 36.8 Å². The quantitative estimate of drug-likeness (QED) is 0.665. The number of carbonyl (C=O) groups excluding carboxylic acids is 1. The Morgan fingerprint density at radius 3 is 2.62 bits per heavy atom. The number of nitrogens with zero attached hydrogens (tertiary/aromatic N) is 1. The highest BCUT2D eigenvalue weighted by Gasteiger charge is 2.10. The van der Waals surface area contributed by atoms with Crippen LogP contribution >= 0.6 is 11.3 Å². The van der Waals surface area contributed by atoms with Crippen molar-refractivity contribution in [1.29, 1.82) is 0 Å². The summed E-state index contributed by atoms with van der Waals surface area (Å²) >= 11 is 1.40. The predicted molar refractivity (Wildman–Crippen MR) is 105 cm³/mol. The van der Waals surface area contributed by atoms with Crippen molar-refractivity contribution >= 4 is 22.4 Å². The molecule has 1 aromatic heterocycles. The SMILES string of the molecule is CC(N)Cc1csc(NC(=O)c2ccc(OCc3ccccc3)cc2)n1. The maximum absolute atomic E-state index is 12.3. The molecule has 0 saturated heterocycles. The molecule has 0 fully saturated rings. The van der Waals surface area contributed by atoms with Crippen molar-refractivity contribution in [1.82, 2.24) is 4.98 Å². The highest BCUT2D eigenvalue weighted by atomic mass is 32.1. The molecular weight excluding hydrogens is 346 g/mol. The summed E-state index contributed by atoms with van der Waals surface area (Å²) in [5.74, 6) is 0.528. The van der Waals surface area contributed by atoms with Crippen LogP contribution in [0.3, 0.4) is 0 Å². The normalized spacial score (nSPS) is 11.8. The minimum atomic E-state index is -0.193. The van der Waals surface area contributed by atoms with E-state index in [1.165, 1.54) is 11.3 Å². The molecule has 0 spiro atoms. The zero-order valence-corrected chi connectivity index (χ0v) is 15.3. The summed E-state index contributed by atoms with van der Waals surface area (Å²) in [6.07, 6.45) is 0.694. The number of benzene rings is 2. The lowest BCUT2D eigenvalue weighted by atomic mass is 10.2. The van der Waals surface area contributed by atoms with Gasteiger partial charge in [0.2, 0.25) is 0 Å². The summed E-state index contributed by atoms with van der Waals surface area (Å²) in [5, 5.41) is 5.31. The van der Waals surface area contributed by atoms with Crippen LogP contribution < -0.4 is 15.8 Å². The number of nitrogens with one attached hydrogen (secondary N) is 1. The lowest BCUT2D eigenvalue weighted by Gasteiger charge is -2.07. The molecular formula is C20H21N3O2S. The number of thiazole rings is 1. The highest BCUT2D eigenvalue weighted by molar-refractivity contribution is 7.14. The van der Waals surface area contributed by atoms with E-state index in [0.717, 1.165) is 17.0 Å². The largest absolute Gasteiger partial charge is 0.489 e. The molecule has 3 rings (SSSR count). The molecule has 1 unspecified atom stereocenters. The van der Waals surface area contributed by atoms with Gasteiger partial charge in [0.25, 0.3) is 5.91 Å². The van der Waals surface area contributed by atoms with Crippen molar-refractivity contribution in [2.24, 2.45) is 5.73 Å². The summed E-state index contributed by atoms with van der Waals surface area (Å²) in [7, 11) is 0. The van der Waals surface area contributed by atoms with Gasteiger partial charge in [0, 0.05) is 23.4 Å². The van der Waals surface area contributed by atoms with E-state index in [-0.39, 0.29) is 11.9 Å². The van der Waals surface area contributed by atoms with Gasteiger partial charge in [-0.1, -0.05) is 30.3 Å². The van der Waals surface area contributed by atoms with Crippen molar-refractivity contribution in [3.63, 3.8) is 0 Å². The minimum absolute atomic E-state index is 0.0454. The molecule has 26 heavy (non-hydrogen) atoms. The van der Waals surface area contributed by atoms with E-state index in [2.05, 4.69) is 10.3 Å². The smallest absolute Gasteiger partial charge is 0.257 e. The van der Waals surface area contributed by atoms with Crippen LogP contribution in [0.2, 0.25) is 0 Å². The lowest BCUT2D eigenvalue weighted by Crippen LogP contribution is -2.18. The van der Waals surface area contributed by atoms with Crippen molar-refractivity contribution in [3.05, 3.63) is 76.8 Å². The molecule has 1 heterocycles. The van der Waals surface area contributed by atoms with Gasteiger partial charge >= 0.3 is 0 Å². The molecule has 5 nitrogen and oxygen atoms in total. The molecule has 3 aromatic rings. The molecule has 0 saturated carbocycles. The van der Waals surface area contributed by atoms with Gasteiger partial charge < -0.3 is 10.5 Å². The molecule has 0 bridgehead atoms. The first kappa shape index (κ1) is 18.1. The maximum Gasteiger partial charge on any atom is 0.257 e. The Hall–Kier alpha value is -2.70. The average Bonchev–Trinajstić information content (AvgIpc) is 3.07. The van der Waals surface area contributed by atoms with E-state index in [9.17, 15) is 4.79 Å². The first-order chi connectivity index (χ1) is 12.6. The molecule has 134 valence electrons. The Kier molecular flexibility index (Phi) is 5.99. The fourth-order valence-corrected chi connectivity index (χ4v) is 3.12. The van der Waals surface area contributed by atoms with Crippen LogP contribution in [0.4, 0.5) is 5.13 Å². The Labute approximate surface area is 156 Å². The maximum atomic E-state index is 12.3. The number of amides is 1. The Balaban J connectivity index is 1.55. The van der Waals surface area contributed by atoms with Gasteiger partial charge in [-0.3, -0.25) is 10.1 Å². The Morgan fingerprint density at radius 2 is 1.92 bits per heavy atom. The molecule has 0 radical (unpaired) electrons. The van der Waals surface area contributed by atoms with Crippen LogP contribution in [0.5, 0.6) is 5.75 Å². The fourth-order valence-electron chi connectivity index (χ4n) is 2.40. The van der Waals surface area contributed by atoms with Crippen LogP contribution in [-0.4, -0.2) is 16.9 Å². The Morgan fingerprint density at radius 1 is 1.19 bits per heavy atom. The summed E-state index contributed by atoms with van der Waals surface area (Å²) in [4.78, 5) is 16.7. The molecule has 0 aliphatic heterocycles. The van der Waals surface area contributed by atoms with E-state index in [1.807, 2.05) is 42.6 Å². The number of hydrogen-bond acceptors (Lipinski definition) is 5. The van der Waals surface area contributed by atoms with E-state index in [4.69, 9.17) is 10.5 Å². The second kappa shape index (κ2) is 8.60. The molecule has 6 heteroatoms. The van der Waals surface area contributed by atoms with Gasteiger partial charge in [-0.2, -0.15) is 0 Å². The number of aromatic nitrogens is 1. The van der Waals surface area contributed by atoms with E-state index in [0.29, 0.717) is 23.7 Å². The molecule has 1 atom stereocenters. The van der Waals surface area contributed by atoms with Gasteiger partial charge in [-0.25, -0.2) is 4.98 Å². The zero-order chi connectivity index (χ0) is 18.4. The predicted octanol–water partition coefficient (Wildman–Crippen LogP) is 3.86. The Bertz CT molecular complexity index is 845. The molecule has 1 amide bonds. The first-order valence-electron chi connectivity index (χ1n) is 8.38. The number of carbonyl (C=O) groups is 1. The molecule has 3 N–H and O–H groups in total. The van der Waals surface area contributed by atoms with Crippen molar-refractivity contribution in [2.45, 2.75) is 26.0 Å². The summed E-state index contributed by atoms with van der Waals surface area (Å²) in [6, 6.07) is 17.1. The third-order valence-corrected chi connectivity index (χ3v) is 4.47. The second-order valence-electron chi connectivity index (χ2n) is 6.08. The van der Waals surface area contributed by atoms with E-state index >= 15 is 0 Å². The highest BCUT2D eigenvalue weighted by Crippen LogP contribution is 2.19. The third kappa shape index (κ3) is 5.15. The van der Waals surface area contributed by atoms with Crippen molar-refractivity contribution in [3.8, 4) is 5.75 Å². The number of rotatable bonds is 7. The minimum Gasteiger partial charge on any atom is -0.489 e. The van der Waals surface area contributed by atoms with Crippen LogP contribution in [0, 0.1) is 0 Å². The number of anilines is 1. The number of hydrogen-bond donors (Lipinski definition) is 2. The monoisotopic (exact) mass is 367 g/mol. The summed E-state index contributed by atoms with van der Waals surface area (Å²) < 4.78 is 5.73. The third-order valence-electron chi connectivity index (χ3n) is 3.67. The van der Waals surface area contributed by atoms with E-state index < -0.39 is 0 Å². The van der Waals surface area contributed by atoms with Crippen molar-refractivity contribution in [2.75, 3.05) is 5.32 Å². The zero-order valence-electron chi connectivity index (χ0n) is 14.5. The second-order valence-corrected chi connectivity index (χ2v) is 6.94. The van der Waals surface area contributed by atoms with Crippen molar-refractivity contribution < 1.29 is 9.53 Å². The summed E-state index contributed by atoms with van der Waals surface area (Å²) in [6.45, 7) is 2.42. The standard InChI is InChI=1S/C20H21N3O2S/c1-14(21)11-17-13-26-20(22-17)23-19(24)16-7-9-18(10-8-16)25-12-15-5-3-2-4-6-15/h2-10,13-14H,11-12,21H2,1H3,(H,22,23,24). The average molecular weight is 367 g/mol. The molecule has 0 aliphatic carbocycles. The van der Waals surface area contributed by atoms with Gasteiger partial charge in [-0.15, -0.1) is 11.3 Å². The molecule has 2 aromatic carbocycles. The van der Waals surface area contributed by atoms with Gasteiger partial charge in [0.05, 0.1) is 5.69 Å². The summed E-state index contributed by atoms with van der Waals surface area (Å²) in [5.41, 5.74) is 8.32. The van der Waals surface area contributed by atoms with Gasteiger partial charge in [0.1, 0.15) is 12.4 Å². The van der Waals surface area contributed by atoms with Crippen LogP contribution in [0.25, 0.3) is 0 Å².